The van der Waals surface area contributed by atoms with Crippen LogP contribution in [0.4, 0.5) is 4.39 Å². The third kappa shape index (κ3) is 5.10. The minimum Gasteiger partial charge on any atom is -0.481 e. The predicted molar refractivity (Wildman–Crippen MR) is 95.4 cm³/mol. The van der Waals surface area contributed by atoms with E-state index in [1.807, 2.05) is 13.8 Å². The number of amides is 1. The van der Waals surface area contributed by atoms with E-state index < -0.39 is 23.2 Å². The highest BCUT2D eigenvalue weighted by Gasteiger charge is 2.32. The molecule has 1 atom stereocenters. The monoisotopic (exact) mass is 378 g/mol. The average Bonchev–Trinajstić information content (AvgIpc) is 2.99. The Bertz CT molecular complexity index is 837. The molecule has 0 aliphatic rings. The second kappa shape index (κ2) is 8.26. The van der Waals surface area contributed by atoms with Crippen molar-refractivity contribution < 1.29 is 23.8 Å². The quantitative estimate of drug-likeness (QED) is 0.729. The van der Waals surface area contributed by atoms with E-state index in [1.54, 1.807) is 19.1 Å². The van der Waals surface area contributed by atoms with Crippen LogP contribution in [-0.2, 0) is 9.53 Å². The number of ether oxygens (including phenoxy) is 1. The van der Waals surface area contributed by atoms with Crippen LogP contribution < -0.4 is 5.32 Å². The van der Waals surface area contributed by atoms with Crippen molar-refractivity contribution in [2.75, 3.05) is 13.7 Å². The van der Waals surface area contributed by atoms with Crippen molar-refractivity contribution in [2.45, 2.75) is 38.6 Å². The summed E-state index contributed by atoms with van der Waals surface area (Å²) in [4.78, 5) is 28.0. The predicted octanol–water partition coefficient (Wildman–Crippen LogP) is 2.14. The lowest BCUT2D eigenvalue weighted by molar-refractivity contribution is -0.139. The molecule has 0 saturated carbocycles. The van der Waals surface area contributed by atoms with Crippen LogP contribution >= 0.6 is 0 Å². The summed E-state index contributed by atoms with van der Waals surface area (Å²) in [5.74, 6) is -1.86. The van der Waals surface area contributed by atoms with Gasteiger partial charge in [0.1, 0.15) is 11.6 Å². The molecule has 2 aromatic rings. The topological polar surface area (TPSA) is 106 Å². The van der Waals surface area contributed by atoms with E-state index in [0.717, 1.165) is 0 Å². The van der Waals surface area contributed by atoms with E-state index in [2.05, 4.69) is 15.4 Å². The molecule has 1 amide bonds. The van der Waals surface area contributed by atoms with Crippen molar-refractivity contribution >= 4 is 11.9 Å². The van der Waals surface area contributed by atoms with E-state index in [4.69, 9.17) is 9.84 Å². The summed E-state index contributed by atoms with van der Waals surface area (Å²) in [5, 5.41) is 15.9. The lowest BCUT2D eigenvalue weighted by atomic mass is 9.99. The number of hydrogen-bond donors (Lipinski definition) is 2. The normalized spacial score (nSPS) is 13.4. The first-order valence-electron chi connectivity index (χ1n) is 8.41. The van der Waals surface area contributed by atoms with Crippen LogP contribution in [0.15, 0.2) is 24.3 Å². The van der Waals surface area contributed by atoms with E-state index in [0.29, 0.717) is 11.5 Å². The average molecular weight is 378 g/mol. The van der Waals surface area contributed by atoms with Crippen LogP contribution in [0.25, 0.3) is 5.69 Å². The summed E-state index contributed by atoms with van der Waals surface area (Å²) in [6.07, 6.45) is -0.325. The molecule has 1 aromatic carbocycles. The molecular weight excluding hydrogens is 355 g/mol. The number of rotatable bonds is 8. The molecule has 0 bridgehead atoms. The first kappa shape index (κ1) is 20.5. The summed E-state index contributed by atoms with van der Waals surface area (Å²) in [6.45, 7) is 5.32. The van der Waals surface area contributed by atoms with Crippen LogP contribution in [0.1, 0.15) is 49.6 Å². The van der Waals surface area contributed by atoms with Crippen molar-refractivity contribution in [1.82, 2.24) is 20.1 Å². The summed E-state index contributed by atoms with van der Waals surface area (Å²) in [7, 11) is 1.42. The molecule has 27 heavy (non-hydrogen) atoms. The summed E-state index contributed by atoms with van der Waals surface area (Å²) in [5.41, 5.74) is -0.685. The molecule has 9 heteroatoms. The van der Waals surface area contributed by atoms with Crippen molar-refractivity contribution in [3.05, 3.63) is 41.7 Å². The molecule has 146 valence electrons. The Morgan fingerprint density at radius 1 is 1.41 bits per heavy atom. The van der Waals surface area contributed by atoms with Gasteiger partial charge in [-0.1, -0.05) is 19.9 Å². The van der Waals surface area contributed by atoms with Crippen LogP contribution in [0.2, 0.25) is 0 Å². The van der Waals surface area contributed by atoms with Gasteiger partial charge in [-0.3, -0.25) is 9.59 Å². The van der Waals surface area contributed by atoms with E-state index in [1.165, 1.54) is 23.9 Å². The second-order valence-electron chi connectivity index (χ2n) is 6.86. The smallest absolute Gasteiger partial charge is 0.305 e. The van der Waals surface area contributed by atoms with Gasteiger partial charge in [0.2, 0.25) is 5.82 Å². The van der Waals surface area contributed by atoms with Crippen molar-refractivity contribution in [1.29, 1.82) is 0 Å². The first-order chi connectivity index (χ1) is 12.6. The van der Waals surface area contributed by atoms with Crippen molar-refractivity contribution in [2.24, 2.45) is 0 Å². The minimum absolute atomic E-state index is 0.00663. The number of methoxy groups -OCH3 is 1. The molecule has 0 radical (unpaired) electrons. The molecule has 8 nitrogen and oxygen atoms in total. The van der Waals surface area contributed by atoms with Crippen molar-refractivity contribution in [3.63, 3.8) is 0 Å². The Morgan fingerprint density at radius 2 is 2.11 bits per heavy atom. The Hall–Kier alpha value is -2.81. The zero-order valence-electron chi connectivity index (χ0n) is 15.7. The zero-order valence-corrected chi connectivity index (χ0v) is 15.7. The maximum absolute atomic E-state index is 13.6. The van der Waals surface area contributed by atoms with Gasteiger partial charge in [0.25, 0.3) is 5.91 Å². The van der Waals surface area contributed by atoms with Crippen molar-refractivity contribution in [3.8, 4) is 5.69 Å². The maximum Gasteiger partial charge on any atom is 0.305 e. The van der Waals surface area contributed by atoms with E-state index in [9.17, 15) is 14.0 Å². The molecule has 0 saturated heterocycles. The molecule has 0 spiro atoms. The number of carboxylic acid groups (broad SMARTS) is 1. The number of carbonyl (C=O) groups is 2. The highest BCUT2D eigenvalue weighted by Crippen LogP contribution is 2.19. The number of benzene rings is 1. The third-order valence-electron chi connectivity index (χ3n) is 3.82. The van der Waals surface area contributed by atoms with Gasteiger partial charge < -0.3 is 15.2 Å². The lowest BCUT2D eigenvalue weighted by Gasteiger charge is -2.27. The molecule has 1 heterocycles. The number of nitrogens with zero attached hydrogens (tertiary/aromatic N) is 3. The molecule has 1 unspecified atom stereocenters. The van der Waals surface area contributed by atoms with Gasteiger partial charge in [0.15, 0.2) is 0 Å². The highest BCUT2D eigenvalue weighted by atomic mass is 19.1. The van der Waals surface area contributed by atoms with Crippen LogP contribution in [0.5, 0.6) is 0 Å². The van der Waals surface area contributed by atoms with E-state index >= 15 is 0 Å². The largest absolute Gasteiger partial charge is 0.481 e. The van der Waals surface area contributed by atoms with E-state index in [-0.39, 0.29) is 24.8 Å². The Kier molecular flexibility index (Phi) is 6.27. The van der Waals surface area contributed by atoms with Gasteiger partial charge in [0, 0.05) is 13.0 Å². The summed E-state index contributed by atoms with van der Waals surface area (Å²) >= 11 is 0. The third-order valence-corrected chi connectivity index (χ3v) is 3.82. The zero-order chi connectivity index (χ0) is 20.2. The molecule has 2 rings (SSSR count). The number of aromatic nitrogens is 3. The van der Waals surface area contributed by atoms with Gasteiger partial charge in [-0.25, -0.2) is 14.1 Å². The van der Waals surface area contributed by atoms with Gasteiger partial charge in [0.05, 0.1) is 24.3 Å². The summed E-state index contributed by atoms with van der Waals surface area (Å²) in [6, 6.07) is 5.80. The van der Waals surface area contributed by atoms with Gasteiger partial charge in [-0.2, -0.15) is 0 Å². The Labute approximate surface area is 156 Å². The molecule has 0 aliphatic carbocycles. The fourth-order valence-corrected chi connectivity index (χ4v) is 2.71. The molecule has 2 N–H and O–H groups in total. The van der Waals surface area contributed by atoms with Gasteiger partial charge >= 0.3 is 5.97 Å². The number of halogens is 1. The summed E-state index contributed by atoms with van der Waals surface area (Å²) < 4.78 is 20.0. The SMILES string of the molecule is COCC(C)(CC(=O)O)NC(=O)c1nc(C(C)C)n(-c2cccc(F)c2)n1. The van der Waals surface area contributed by atoms with Gasteiger partial charge in [-0.15, -0.1) is 5.10 Å². The lowest BCUT2D eigenvalue weighted by Crippen LogP contribution is -2.51. The van der Waals surface area contributed by atoms with Crippen LogP contribution in [0, 0.1) is 5.82 Å². The minimum atomic E-state index is -1.13. The molecule has 0 aliphatic heterocycles. The maximum atomic E-state index is 13.6. The number of nitrogens with one attached hydrogen (secondary N) is 1. The first-order valence-corrected chi connectivity index (χ1v) is 8.41. The number of carboxylic acids is 1. The molecule has 0 fully saturated rings. The number of aliphatic carboxylic acids is 1. The molecule has 1 aromatic heterocycles. The van der Waals surface area contributed by atoms with Crippen LogP contribution in [0.3, 0.4) is 0 Å². The fourth-order valence-electron chi connectivity index (χ4n) is 2.71. The standard InChI is InChI=1S/C18H23FN4O4/c1-11(2)16-20-15(22-23(16)13-7-5-6-12(19)8-13)17(26)21-18(3,10-27-4)9-14(24)25/h5-8,11H,9-10H2,1-4H3,(H,21,26)(H,24,25). The molecular formula is C18H23FN4O4. The Balaban J connectivity index is 2.36. The number of hydrogen-bond acceptors (Lipinski definition) is 5. The fraction of sp³-hybridized carbons (Fsp3) is 0.444. The van der Waals surface area contributed by atoms with Gasteiger partial charge in [-0.05, 0) is 25.1 Å². The number of carbonyl (C=O) groups excluding carboxylic acids is 1. The second-order valence-corrected chi connectivity index (χ2v) is 6.86. The Morgan fingerprint density at radius 3 is 2.67 bits per heavy atom. The van der Waals surface area contributed by atoms with Crippen LogP contribution in [-0.4, -0.2) is 51.0 Å². The highest BCUT2D eigenvalue weighted by molar-refractivity contribution is 5.91.